The van der Waals surface area contributed by atoms with Gasteiger partial charge in [-0.2, -0.15) is 0 Å². The number of aromatic nitrogens is 1. The van der Waals surface area contributed by atoms with Crippen LogP contribution in [0.3, 0.4) is 0 Å². The fourth-order valence-electron chi connectivity index (χ4n) is 3.75. The van der Waals surface area contributed by atoms with Crippen molar-refractivity contribution in [2.75, 3.05) is 6.54 Å². The highest BCUT2D eigenvalue weighted by Crippen LogP contribution is 2.41. The van der Waals surface area contributed by atoms with Gasteiger partial charge in [0.25, 0.3) is 0 Å². The highest BCUT2D eigenvalue weighted by atomic mass is 16.1. The van der Waals surface area contributed by atoms with Gasteiger partial charge in [0, 0.05) is 22.9 Å². The lowest BCUT2D eigenvalue weighted by molar-refractivity contribution is 0.111. The molecule has 1 aliphatic heterocycles. The first-order valence-electron chi connectivity index (χ1n) is 6.70. The smallest absolute Gasteiger partial charge is 0.166 e. The van der Waals surface area contributed by atoms with Gasteiger partial charge >= 0.3 is 0 Å². The molecule has 2 aliphatic rings. The molecular weight excluding hydrogens is 224 g/mol. The van der Waals surface area contributed by atoms with Gasteiger partial charge in [-0.15, -0.1) is 0 Å². The molecular formula is C15H16N2O. The Morgan fingerprint density at radius 3 is 3.17 bits per heavy atom. The summed E-state index contributed by atoms with van der Waals surface area (Å²) < 4.78 is 0. The SMILES string of the molecule is O=Cc1[nH]c2cccc3c2c1C[C@H]1NCCCC31. The Morgan fingerprint density at radius 1 is 1.33 bits per heavy atom. The molecule has 0 radical (unpaired) electrons. The number of piperidine rings is 1. The number of carbonyl (C=O) groups excluding carboxylic acids is 1. The van der Waals surface area contributed by atoms with Gasteiger partial charge in [0.05, 0.1) is 5.69 Å². The minimum Gasteiger partial charge on any atom is -0.352 e. The van der Waals surface area contributed by atoms with E-state index in [-0.39, 0.29) is 0 Å². The second kappa shape index (κ2) is 3.69. The molecule has 1 unspecified atom stereocenters. The molecule has 2 atom stereocenters. The van der Waals surface area contributed by atoms with Gasteiger partial charge < -0.3 is 10.3 Å². The maximum atomic E-state index is 11.2. The Labute approximate surface area is 106 Å². The van der Waals surface area contributed by atoms with E-state index in [1.165, 1.54) is 29.4 Å². The van der Waals surface area contributed by atoms with E-state index in [0.717, 1.165) is 30.5 Å². The quantitative estimate of drug-likeness (QED) is 0.752. The largest absolute Gasteiger partial charge is 0.352 e. The van der Waals surface area contributed by atoms with E-state index < -0.39 is 0 Å². The highest BCUT2D eigenvalue weighted by molar-refractivity contribution is 5.95. The van der Waals surface area contributed by atoms with Crippen molar-refractivity contribution >= 4 is 17.2 Å². The molecule has 1 aromatic heterocycles. The first-order valence-corrected chi connectivity index (χ1v) is 6.70. The summed E-state index contributed by atoms with van der Waals surface area (Å²) >= 11 is 0. The van der Waals surface area contributed by atoms with Gasteiger partial charge in [0.2, 0.25) is 0 Å². The van der Waals surface area contributed by atoms with Crippen LogP contribution in [-0.2, 0) is 6.42 Å². The third-order valence-corrected chi connectivity index (χ3v) is 4.52. The molecule has 2 aromatic rings. The van der Waals surface area contributed by atoms with Crippen molar-refractivity contribution in [1.29, 1.82) is 0 Å². The summed E-state index contributed by atoms with van der Waals surface area (Å²) in [5.41, 5.74) is 4.53. The maximum absolute atomic E-state index is 11.2. The van der Waals surface area contributed by atoms with Crippen molar-refractivity contribution in [3.63, 3.8) is 0 Å². The summed E-state index contributed by atoms with van der Waals surface area (Å²) in [5.74, 6) is 0.616. The fourth-order valence-corrected chi connectivity index (χ4v) is 3.75. The summed E-state index contributed by atoms with van der Waals surface area (Å²) in [6.45, 7) is 1.10. The number of aldehydes is 1. The van der Waals surface area contributed by atoms with E-state index >= 15 is 0 Å². The van der Waals surface area contributed by atoms with E-state index in [2.05, 4.69) is 28.5 Å². The number of carbonyl (C=O) groups is 1. The fraction of sp³-hybridized carbons (Fsp3) is 0.400. The van der Waals surface area contributed by atoms with Crippen molar-refractivity contribution < 1.29 is 4.79 Å². The number of hydrogen-bond acceptors (Lipinski definition) is 2. The summed E-state index contributed by atoms with van der Waals surface area (Å²) in [7, 11) is 0. The molecule has 3 nitrogen and oxygen atoms in total. The lowest BCUT2D eigenvalue weighted by Gasteiger charge is -2.36. The second-order valence-corrected chi connectivity index (χ2v) is 5.42. The molecule has 2 heterocycles. The molecule has 1 aliphatic carbocycles. The van der Waals surface area contributed by atoms with Crippen LogP contribution in [0.2, 0.25) is 0 Å². The molecule has 0 bridgehead atoms. The average Bonchev–Trinajstić information content (AvgIpc) is 2.79. The van der Waals surface area contributed by atoms with Gasteiger partial charge in [-0.25, -0.2) is 0 Å². The summed E-state index contributed by atoms with van der Waals surface area (Å²) in [4.78, 5) is 14.5. The topological polar surface area (TPSA) is 44.9 Å². The molecule has 1 aromatic carbocycles. The Kier molecular flexibility index (Phi) is 2.12. The molecule has 3 heteroatoms. The van der Waals surface area contributed by atoms with Crippen molar-refractivity contribution in [1.82, 2.24) is 10.3 Å². The normalized spacial score (nSPS) is 26.0. The van der Waals surface area contributed by atoms with Crippen LogP contribution < -0.4 is 5.32 Å². The first kappa shape index (κ1) is 10.3. The zero-order valence-corrected chi connectivity index (χ0v) is 10.2. The average molecular weight is 240 g/mol. The summed E-state index contributed by atoms with van der Waals surface area (Å²) in [6.07, 6.45) is 4.45. The van der Waals surface area contributed by atoms with Crippen LogP contribution in [0.4, 0.5) is 0 Å². The number of hydrogen-bond donors (Lipinski definition) is 2. The summed E-state index contributed by atoms with van der Waals surface area (Å²) in [6, 6.07) is 6.92. The number of H-pyrrole nitrogens is 1. The predicted molar refractivity (Wildman–Crippen MR) is 71.2 cm³/mol. The van der Waals surface area contributed by atoms with Crippen LogP contribution in [0, 0.1) is 0 Å². The lowest BCUT2D eigenvalue weighted by Crippen LogP contribution is -2.43. The van der Waals surface area contributed by atoms with Crippen molar-refractivity contribution in [3.05, 3.63) is 35.0 Å². The first-order chi connectivity index (χ1) is 8.88. The minimum atomic E-state index is 0.506. The van der Waals surface area contributed by atoms with Crippen LogP contribution in [0.5, 0.6) is 0 Å². The molecule has 1 fully saturated rings. The molecule has 92 valence electrons. The molecule has 0 saturated carbocycles. The Morgan fingerprint density at radius 2 is 2.28 bits per heavy atom. The van der Waals surface area contributed by atoms with Gasteiger partial charge in [-0.1, -0.05) is 12.1 Å². The van der Waals surface area contributed by atoms with Crippen LogP contribution in [0.25, 0.3) is 10.9 Å². The van der Waals surface area contributed by atoms with Crippen LogP contribution >= 0.6 is 0 Å². The van der Waals surface area contributed by atoms with Crippen LogP contribution in [-0.4, -0.2) is 23.9 Å². The van der Waals surface area contributed by atoms with Gasteiger partial charge in [0.15, 0.2) is 6.29 Å². The van der Waals surface area contributed by atoms with Crippen LogP contribution in [0.1, 0.15) is 40.4 Å². The van der Waals surface area contributed by atoms with E-state index in [4.69, 9.17) is 0 Å². The predicted octanol–water partition coefficient (Wildman–Crippen LogP) is 2.37. The molecule has 1 saturated heterocycles. The lowest BCUT2D eigenvalue weighted by atomic mass is 9.75. The van der Waals surface area contributed by atoms with E-state index in [1.54, 1.807) is 0 Å². The number of nitrogens with one attached hydrogen (secondary N) is 2. The van der Waals surface area contributed by atoms with E-state index in [0.29, 0.717) is 12.0 Å². The Bertz CT molecular complexity index is 629. The van der Waals surface area contributed by atoms with E-state index in [9.17, 15) is 4.79 Å². The molecule has 18 heavy (non-hydrogen) atoms. The van der Waals surface area contributed by atoms with Gasteiger partial charge in [-0.3, -0.25) is 4.79 Å². The van der Waals surface area contributed by atoms with Crippen molar-refractivity contribution in [2.24, 2.45) is 0 Å². The number of rotatable bonds is 1. The maximum Gasteiger partial charge on any atom is 0.166 e. The minimum absolute atomic E-state index is 0.506. The molecule has 2 N–H and O–H groups in total. The molecule has 4 rings (SSSR count). The number of fused-ring (bicyclic) bond motifs is 2. The third kappa shape index (κ3) is 1.25. The highest BCUT2D eigenvalue weighted by Gasteiger charge is 2.34. The number of aromatic amines is 1. The third-order valence-electron chi connectivity index (χ3n) is 4.52. The molecule has 0 amide bonds. The van der Waals surface area contributed by atoms with Crippen molar-refractivity contribution in [3.8, 4) is 0 Å². The summed E-state index contributed by atoms with van der Waals surface area (Å²) in [5, 5.41) is 4.93. The Balaban J connectivity index is 2.01. The molecule has 0 spiro atoms. The number of benzene rings is 1. The zero-order valence-electron chi connectivity index (χ0n) is 10.2. The van der Waals surface area contributed by atoms with E-state index in [1.807, 2.05) is 0 Å². The van der Waals surface area contributed by atoms with Gasteiger partial charge in [-0.05, 0) is 43.0 Å². The Hall–Kier alpha value is -1.61. The van der Waals surface area contributed by atoms with Gasteiger partial charge in [0.1, 0.15) is 0 Å². The zero-order chi connectivity index (χ0) is 12.1. The van der Waals surface area contributed by atoms with Crippen LogP contribution in [0.15, 0.2) is 18.2 Å². The van der Waals surface area contributed by atoms with Crippen molar-refractivity contribution in [2.45, 2.75) is 31.2 Å². The monoisotopic (exact) mass is 240 g/mol. The second-order valence-electron chi connectivity index (χ2n) is 5.42. The standard InChI is InChI=1S/C15H16N2O/c18-8-14-11-7-13-9(4-2-6-16-13)10-3-1-5-12(17-14)15(10)11/h1,3,5,8-9,13,16-17H,2,4,6-7H2/t9?,13-/m1/s1.